The van der Waals surface area contributed by atoms with Crippen LogP contribution >= 0.6 is 0 Å². The van der Waals surface area contributed by atoms with E-state index in [2.05, 4.69) is 28.9 Å². The smallest absolute Gasteiger partial charge is 0.123 e. The molecule has 1 aromatic carbocycles. The van der Waals surface area contributed by atoms with Crippen LogP contribution < -0.4 is 5.32 Å². The van der Waals surface area contributed by atoms with Gasteiger partial charge in [0.15, 0.2) is 0 Å². The van der Waals surface area contributed by atoms with Gasteiger partial charge in [-0.25, -0.2) is 4.39 Å². The van der Waals surface area contributed by atoms with E-state index in [4.69, 9.17) is 0 Å². The Balaban J connectivity index is 1.89. The Kier molecular flexibility index (Phi) is 4.68. The molecule has 0 amide bonds. The maximum atomic E-state index is 12.8. The molecule has 0 aliphatic heterocycles. The molecular formula is C15H20FN3. The Morgan fingerprint density at radius 1 is 1.21 bits per heavy atom. The summed E-state index contributed by atoms with van der Waals surface area (Å²) in [5, 5.41) is 7.71. The summed E-state index contributed by atoms with van der Waals surface area (Å²) in [6.07, 6.45) is 2.90. The number of benzene rings is 1. The lowest BCUT2D eigenvalue weighted by Crippen LogP contribution is -2.18. The molecule has 0 saturated carbocycles. The first-order valence-corrected chi connectivity index (χ1v) is 6.68. The topological polar surface area (TPSA) is 29.9 Å². The maximum absolute atomic E-state index is 12.8. The van der Waals surface area contributed by atoms with E-state index in [1.54, 1.807) is 12.1 Å². The van der Waals surface area contributed by atoms with Crippen LogP contribution in [0.15, 0.2) is 36.5 Å². The van der Waals surface area contributed by atoms with E-state index >= 15 is 0 Å². The van der Waals surface area contributed by atoms with Gasteiger partial charge in [-0.1, -0.05) is 19.1 Å². The van der Waals surface area contributed by atoms with Crippen molar-refractivity contribution in [1.29, 1.82) is 0 Å². The Hall–Kier alpha value is -1.68. The van der Waals surface area contributed by atoms with Crippen LogP contribution in [0.5, 0.6) is 0 Å². The molecule has 1 atom stereocenters. The van der Waals surface area contributed by atoms with Crippen molar-refractivity contribution in [3.8, 4) is 0 Å². The average Bonchev–Trinajstić information content (AvgIpc) is 2.88. The van der Waals surface area contributed by atoms with Crippen LogP contribution in [0.4, 0.5) is 4.39 Å². The molecule has 1 heterocycles. The fraction of sp³-hybridized carbons (Fsp3) is 0.400. The van der Waals surface area contributed by atoms with E-state index in [1.807, 2.05) is 12.3 Å². The second-order valence-electron chi connectivity index (χ2n) is 4.75. The third-order valence-corrected chi connectivity index (χ3v) is 3.31. The summed E-state index contributed by atoms with van der Waals surface area (Å²) in [6, 6.07) is 9.02. The van der Waals surface area contributed by atoms with Crippen molar-refractivity contribution in [2.24, 2.45) is 0 Å². The van der Waals surface area contributed by atoms with Gasteiger partial charge in [0.1, 0.15) is 5.82 Å². The third kappa shape index (κ3) is 3.64. The quantitative estimate of drug-likeness (QED) is 0.864. The predicted molar refractivity (Wildman–Crippen MR) is 74.2 cm³/mol. The van der Waals surface area contributed by atoms with Gasteiger partial charge < -0.3 is 5.32 Å². The van der Waals surface area contributed by atoms with Gasteiger partial charge in [0, 0.05) is 25.3 Å². The van der Waals surface area contributed by atoms with Crippen LogP contribution in [-0.4, -0.2) is 9.78 Å². The Labute approximate surface area is 113 Å². The summed E-state index contributed by atoms with van der Waals surface area (Å²) in [4.78, 5) is 0. The number of halogens is 1. The van der Waals surface area contributed by atoms with Crippen molar-refractivity contribution >= 4 is 0 Å². The van der Waals surface area contributed by atoms with Crippen molar-refractivity contribution in [3.05, 3.63) is 53.6 Å². The zero-order valence-electron chi connectivity index (χ0n) is 11.4. The van der Waals surface area contributed by atoms with E-state index in [9.17, 15) is 4.39 Å². The van der Waals surface area contributed by atoms with Crippen LogP contribution in [0.2, 0.25) is 0 Å². The normalized spacial score (nSPS) is 12.6. The number of rotatable bonds is 6. The molecule has 102 valence electrons. The lowest BCUT2D eigenvalue weighted by molar-refractivity contribution is 0.451. The van der Waals surface area contributed by atoms with Crippen molar-refractivity contribution in [2.45, 2.75) is 39.4 Å². The van der Waals surface area contributed by atoms with Crippen molar-refractivity contribution in [3.63, 3.8) is 0 Å². The van der Waals surface area contributed by atoms with Gasteiger partial charge in [-0.05, 0) is 37.1 Å². The molecule has 19 heavy (non-hydrogen) atoms. The number of nitrogens with zero attached hydrogens (tertiary/aromatic N) is 2. The minimum atomic E-state index is -0.196. The van der Waals surface area contributed by atoms with E-state index in [0.717, 1.165) is 25.1 Å². The molecule has 2 aromatic rings. The van der Waals surface area contributed by atoms with E-state index < -0.39 is 0 Å². The van der Waals surface area contributed by atoms with Crippen LogP contribution in [0.1, 0.15) is 37.6 Å². The Morgan fingerprint density at radius 3 is 2.63 bits per heavy atom. The highest BCUT2D eigenvalue weighted by Gasteiger charge is 2.07. The lowest BCUT2D eigenvalue weighted by atomic mass is 10.2. The molecular weight excluding hydrogens is 241 g/mol. The molecule has 0 aliphatic carbocycles. The van der Waals surface area contributed by atoms with Crippen LogP contribution in [0, 0.1) is 5.82 Å². The minimum Gasteiger partial charge on any atom is -0.307 e. The van der Waals surface area contributed by atoms with Crippen molar-refractivity contribution in [1.82, 2.24) is 15.1 Å². The molecule has 1 aromatic heterocycles. The predicted octanol–water partition coefficient (Wildman–Crippen LogP) is 3.28. The molecule has 0 bridgehead atoms. The Morgan fingerprint density at radius 2 is 1.95 bits per heavy atom. The molecule has 0 spiro atoms. The first-order valence-electron chi connectivity index (χ1n) is 6.68. The second-order valence-corrected chi connectivity index (χ2v) is 4.75. The van der Waals surface area contributed by atoms with E-state index in [1.165, 1.54) is 17.8 Å². The number of hydrogen-bond donors (Lipinski definition) is 1. The summed E-state index contributed by atoms with van der Waals surface area (Å²) in [7, 11) is 0. The largest absolute Gasteiger partial charge is 0.307 e. The highest BCUT2D eigenvalue weighted by Crippen LogP contribution is 2.12. The summed E-state index contributed by atoms with van der Waals surface area (Å²) in [6.45, 7) is 5.81. The average molecular weight is 261 g/mol. The van der Waals surface area contributed by atoms with Gasteiger partial charge in [0.2, 0.25) is 0 Å². The molecule has 1 N–H and O–H groups in total. The van der Waals surface area contributed by atoms with E-state index in [-0.39, 0.29) is 5.82 Å². The van der Waals surface area contributed by atoms with Gasteiger partial charge in [-0.15, -0.1) is 0 Å². The molecule has 2 rings (SSSR count). The van der Waals surface area contributed by atoms with E-state index in [0.29, 0.717) is 6.04 Å². The minimum absolute atomic E-state index is 0.196. The van der Waals surface area contributed by atoms with Gasteiger partial charge in [0.25, 0.3) is 0 Å². The summed E-state index contributed by atoms with van der Waals surface area (Å²) < 4.78 is 14.8. The van der Waals surface area contributed by atoms with Gasteiger partial charge >= 0.3 is 0 Å². The summed E-state index contributed by atoms with van der Waals surface area (Å²) >= 11 is 0. The zero-order chi connectivity index (χ0) is 13.7. The van der Waals surface area contributed by atoms with Crippen molar-refractivity contribution in [2.75, 3.05) is 0 Å². The fourth-order valence-electron chi connectivity index (χ4n) is 1.99. The van der Waals surface area contributed by atoms with Crippen LogP contribution in [-0.2, 0) is 13.1 Å². The monoisotopic (exact) mass is 261 g/mol. The van der Waals surface area contributed by atoms with Crippen LogP contribution in [0.25, 0.3) is 0 Å². The zero-order valence-corrected chi connectivity index (χ0v) is 11.4. The number of nitrogens with one attached hydrogen (secondary N) is 1. The third-order valence-electron chi connectivity index (χ3n) is 3.31. The van der Waals surface area contributed by atoms with Gasteiger partial charge in [-0.3, -0.25) is 4.68 Å². The van der Waals surface area contributed by atoms with Crippen LogP contribution in [0.3, 0.4) is 0 Å². The SMILES string of the molecule is CC[C@@H](C)n1nccc1CNCc1ccc(F)cc1. The van der Waals surface area contributed by atoms with Gasteiger partial charge in [0.05, 0.1) is 5.69 Å². The molecule has 4 heteroatoms. The molecule has 0 radical (unpaired) electrons. The standard InChI is InChI=1S/C15H20FN3/c1-3-12(2)19-15(8-9-18-19)11-17-10-13-4-6-14(16)7-5-13/h4-9,12,17H,3,10-11H2,1-2H3/t12-/m1/s1. The van der Waals surface area contributed by atoms with Gasteiger partial charge in [-0.2, -0.15) is 5.10 Å². The highest BCUT2D eigenvalue weighted by molar-refractivity contribution is 5.15. The molecule has 0 unspecified atom stereocenters. The number of aromatic nitrogens is 2. The summed E-state index contributed by atoms with van der Waals surface area (Å²) in [5.74, 6) is -0.196. The number of hydrogen-bond acceptors (Lipinski definition) is 2. The highest BCUT2D eigenvalue weighted by atomic mass is 19.1. The summed E-state index contributed by atoms with van der Waals surface area (Å²) in [5.41, 5.74) is 2.26. The Bertz CT molecular complexity index is 504. The molecule has 0 fully saturated rings. The second kappa shape index (κ2) is 6.48. The molecule has 3 nitrogen and oxygen atoms in total. The lowest BCUT2D eigenvalue weighted by Gasteiger charge is -2.14. The maximum Gasteiger partial charge on any atom is 0.123 e. The first-order chi connectivity index (χ1) is 9.20. The van der Waals surface area contributed by atoms with Crippen molar-refractivity contribution < 1.29 is 4.39 Å². The fourth-order valence-corrected chi connectivity index (χ4v) is 1.99. The molecule has 0 aliphatic rings. The molecule has 0 saturated heterocycles. The first kappa shape index (κ1) is 13.7.